The van der Waals surface area contributed by atoms with Gasteiger partial charge in [0.1, 0.15) is 17.8 Å². The maximum absolute atomic E-state index is 15.2. The second kappa shape index (κ2) is 9.13. The molecule has 0 atom stereocenters. The molecule has 0 saturated heterocycles. The third-order valence-corrected chi connectivity index (χ3v) is 5.58. The second-order valence-electron chi connectivity index (χ2n) is 7.08. The van der Waals surface area contributed by atoms with Gasteiger partial charge in [-0.1, -0.05) is 91.0 Å². The number of benzene rings is 4. The zero-order valence-electron chi connectivity index (χ0n) is 16.6. The van der Waals surface area contributed by atoms with Crippen LogP contribution in [0.5, 0.6) is 0 Å². The van der Waals surface area contributed by atoms with Crippen LogP contribution in [-0.4, -0.2) is 6.15 Å². The monoisotopic (exact) mass is 416 g/mol. The van der Waals surface area contributed by atoms with Gasteiger partial charge >= 0.3 is 18.9 Å². The maximum Gasteiger partial charge on any atom is 1.00 e. The van der Waals surface area contributed by atoms with Gasteiger partial charge in [-0.15, -0.1) is 5.46 Å². The molecule has 0 saturated carbocycles. The van der Waals surface area contributed by atoms with Crippen LogP contribution in [0.2, 0.25) is 0 Å². The summed E-state index contributed by atoms with van der Waals surface area (Å²) in [5.74, 6) is -9.76. The Morgan fingerprint density at radius 1 is 0.387 bits per heavy atom. The van der Waals surface area contributed by atoms with Crippen molar-refractivity contribution in [2.45, 2.75) is 0 Å². The van der Waals surface area contributed by atoms with Gasteiger partial charge in [0.15, 0.2) is 17.5 Å². The van der Waals surface area contributed by atoms with Crippen LogP contribution in [0.4, 0.5) is 22.0 Å². The van der Waals surface area contributed by atoms with Crippen LogP contribution in [0.25, 0.3) is 0 Å². The van der Waals surface area contributed by atoms with Gasteiger partial charge in [0.05, 0.1) is 0 Å². The predicted octanol–water partition coefficient (Wildman–Crippen LogP) is 0.763. The van der Waals surface area contributed by atoms with Gasteiger partial charge < -0.3 is 0 Å². The van der Waals surface area contributed by atoms with Crippen molar-refractivity contribution >= 4 is 28.0 Å². The van der Waals surface area contributed by atoms with E-state index in [0.29, 0.717) is 16.4 Å². The Morgan fingerprint density at radius 2 is 0.645 bits per heavy atom. The van der Waals surface area contributed by atoms with Gasteiger partial charge in [-0.05, 0) is 0 Å². The molecule has 0 unspecified atom stereocenters. The molecule has 0 aliphatic heterocycles. The molecule has 150 valence electrons. The van der Waals surface area contributed by atoms with Crippen LogP contribution in [0.1, 0.15) is 0 Å². The Bertz CT molecular complexity index is 1060. The minimum Gasteiger partial charge on any atom is -0.207 e. The minimum atomic E-state index is -2.72. The van der Waals surface area contributed by atoms with E-state index in [9.17, 15) is 13.2 Å². The van der Waals surface area contributed by atoms with Crippen molar-refractivity contribution in [3.63, 3.8) is 0 Å². The first-order valence-electron chi connectivity index (χ1n) is 9.33. The van der Waals surface area contributed by atoms with Crippen LogP contribution < -0.4 is 40.7 Å². The molecule has 0 fully saturated rings. The van der Waals surface area contributed by atoms with E-state index in [1.54, 1.807) is 91.0 Å². The Labute approximate surface area is 188 Å². The molecule has 0 radical (unpaired) electrons. The van der Waals surface area contributed by atoms with E-state index in [1.807, 2.05) is 0 Å². The average molecular weight is 416 g/mol. The Hall–Kier alpha value is -2.81. The molecule has 7 heteroatoms. The summed E-state index contributed by atoms with van der Waals surface area (Å²) in [6.07, 6.45) is -2.72. The fourth-order valence-corrected chi connectivity index (χ4v) is 4.30. The normalized spacial score (nSPS) is 11.1. The molecule has 0 aliphatic carbocycles. The summed E-state index contributed by atoms with van der Waals surface area (Å²) in [5, 5.41) is 0. The van der Waals surface area contributed by atoms with E-state index in [1.165, 1.54) is 0 Å². The Kier molecular flexibility index (Phi) is 6.74. The number of rotatable bonds is 4. The van der Waals surface area contributed by atoms with E-state index in [4.69, 9.17) is 0 Å². The summed E-state index contributed by atoms with van der Waals surface area (Å²) >= 11 is 0. The summed E-state index contributed by atoms with van der Waals surface area (Å²) in [6, 6.07) is 25.0. The average Bonchev–Trinajstić information content (AvgIpc) is 2.81. The van der Waals surface area contributed by atoms with Gasteiger partial charge in [0, 0.05) is 0 Å². The fourth-order valence-electron chi connectivity index (χ4n) is 4.30. The topological polar surface area (TPSA) is 0 Å². The zero-order valence-corrected chi connectivity index (χ0v) is 16.6. The van der Waals surface area contributed by atoms with Crippen LogP contribution in [-0.2, 0) is 0 Å². The third kappa shape index (κ3) is 3.60. The van der Waals surface area contributed by atoms with Gasteiger partial charge in [-0.2, -0.15) is 16.4 Å². The molecular formula is C24H15BF5Li. The van der Waals surface area contributed by atoms with Crippen LogP contribution >= 0.6 is 0 Å². The number of halogens is 5. The van der Waals surface area contributed by atoms with Gasteiger partial charge in [-0.25, -0.2) is 22.0 Å². The largest absolute Gasteiger partial charge is 1.00 e. The van der Waals surface area contributed by atoms with Gasteiger partial charge in [0.25, 0.3) is 0 Å². The molecule has 0 amide bonds. The molecule has 0 nitrogen and oxygen atoms in total. The molecule has 0 heterocycles. The minimum absolute atomic E-state index is 0. The van der Waals surface area contributed by atoms with Crippen LogP contribution in [0, 0.1) is 29.1 Å². The van der Waals surface area contributed by atoms with Crippen LogP contribution in [0.3, 0.4) is 0 Å². The van der Waals surface area contributed by atoms with Gasteiger partial charge in [-0.3, -0.25) is 0 Å². The summed E-state index contributed by atoms with van der Waals surface area (Å²) in [6.45, 7) is 0. The van der Waals surface area contributed by atoms with Crippen molar-refractivity contribution in [3.05, 3.63) is 120 Å². The van der Waals surface area contributed by atoms with E-state index in [0.717, 1.165) is 0 Å². The predicted molar refractivity (Wildman–Crippen MR) is 110 cm³/mol. The molecule has 0 aromatic heterocycles. The van der Waals surface area contributed by atoms with Crippen molar-refractivity contribution < 1.29 is 40.8 Å². The smallest absolute Gasteiger partial charge is 0.207 e. The first kappa shape index (κ1) is 22.9. The SMILES string of the molecule is Fc1c(F)c(F)c([B-](c2ccccc2)(c2ccccc2)c2ccccc2)c(F)c1F.[Li+]. The molecule has 31 heavy (non-hydrogen) atoms. The van der Waals surface area contributed by atoms with Crippen molar-refractivity contribution in [1.29, 1.82) is 0 Å². The molecule has 0 N–H and O–H groups in total. The summed E-state index contributed by atoms with van der Waals surface area (Å²) in [4.78, 5) is 0. The van der Waals surface area contributed by atoms with Crippen molar-refractivity contribution in [2.24, 2.45) is 0 Å². The number of hydrogen-bond donors (Lipinski definition) is 0. The quantitative estimate of drug-likeness (QED) is 0.200. The zero-order chi connectivity index (χ0) is 21.3. The van der Waals surface area contributed by atoms with Crippen LogP contribution in [0.15, 0.2) is 91.0 Å². The second-order valence-corrected chi connectivity index (χ2v) is 7.08. The first-order chi connectivity index (χ1) is 14.5. The standard InChI is InChI=1S/C24H15BF5.Li/c26-20-19(21(27)23(29)24(30)22(20)28)25(16-10-4-1-5-11-16,17-12-6-2-7-13-17)18-14-8-3-9-15-18;/h1-15H;/q-1;+1. The first-order valence-corrected chi connectivity index (χ1v) is 9.33. The molecule has 4 aromatic rings. The summed E-state index contributed by atoms with van der Waals surface area (Å²) in [5.41, 5.74) is 0.435. The van der Waals surface area contributed by atoms with Crippen molar-refractivity contribution in [2.75, 3.05) is 0 Å². The molecular weight excluding hydrogens is 401 g/mol. The molecule has 0 spiro atoms. The van der Waals surface area contributed by atoms with Gasteiger partial charge in [0.2, 0.25) is 0 Å². The maximum atomic E-state index is 15.2. The molecule has 4 rings (SSSR count). The summed E-state index contributed by atoms with van der Waals surface area (Å²) in [7, 11) is 0. The Morgan fingerprint density at radius 3 is 0.935 bits per heavy atom. The van der Waals surface area contributed by atoms with E-state index in [2.05, 4.69) is 0 Å². The summed E-state index contributed by atoms with van der Waals surface area (Å²) < 4.78 is 73.0. The third-order valence-electron chi connectivity index (χ3n) is 5.58. The number of hydrogen-bond acceptors (Lipinski definition) is 0. The van der Waals surface area contributed by atoms with E-state index < -0.39 is 40.7 Å². The van der Waals surface area contributed by atoms with Crippen molar-refractivity contribution in [1.82, 2.24) is 0 Å². The fraction of sp³-hybridized carbons (Fsp3) is 0. The van der Waals surface area contributed by atoms with Crippen molar-refractivity contribution in [3.8, 4) is 0 Å². The molecule has 0 bridgehead atoms. The Balaban J connectivity index is 0.00000272. The molecule has 4 aromatic carbocycles. The molecule has 0 aliphatic rings. The van der Waals surface area contributed by atoms with E-state index >= 15 is 8.78 Å². The van der Waals surface area contributed by atoms with E-state index in [-0.39, 0.29) is 18.9 Å².